The normalized spacial score (nSPS) is 11.3. The third kappa shape index (κ3) is 3.64. The Morgan fingerprint density at radius 1 is 1.19 bits per heavy atom. The van der Waals surface area contributed by atoms with E-state index in [4.69, 9.17) is 16.3 Å². The van der Waals surface area contributed by atoms with Crippen molar-refractivity contribution >= 4 is 23.1 Å². The molecule has 0 unspecified atom stereocenters. The van der Waals surface area contributed by atoms with Crippen LogP contribution in [-0.2, 0) is 5.41 Å². The Labute approximate surface area is 130 Å². The maximum Gasteiger partial charge on any atom is 0.138 e. The Bertz CT molecular complexity index is 650. The summed E-state index contributed by atoms with van der Waals surface area (Å²) in [6.07, 6.45) is 0. The predicted molar refractivity (Wildman–Crippen MR) is 86.8 cm³/mol. The fourth-order valence-corrected chi connectivity index (χ4v) is 1.95. The van der Waals surface area contributed by atoms with Crippen molar-refractivity contribution in [3.8, 4) is 5.75 Å². The van der Waals surface area contributed by atoms with Crippen LogP contribution in [0, 0.1) is 6.92 Å². The van der Waals surface area contributed by atoms with Crippen LogP contribution < -0.4 is 10.1 Å². The van der Waals surface area contributed by atoms with Crippen molar-refractivity contribution in [3.63, 3.8) is 0 Å². The first kappa shape index (κ1) is 15.6. The second-order valence-electron chi connectivity index (χ2n) is 5.92. The van der Waals surface area contributed by atoms with Crippen molar-refractivity contribution < 1.29 is 4.74 Å². The summed E-state index contributed by atoms with van der Waals surface area (Å²) < 4.78 is 5.23. The zero-order chi connectivity index (χ0) is 15.6. The number of nitrogens with one attached hydrogen (secondary N) is 1. The Morgan fingerprint density at radius 2 is 1.90 bits per heavy atom. The Morgan fingerprint density at radius 3 is 2.52 bits per heavy atom. The molecule has 0 fully saturated rings. The molecule has 21 heavy (non-hydrogen) atoms. The molecule has 0 spiro atoms. The molecule has 0 radical (unpaired) electrons. The molecule has 2 rings (SSSR count). The van der Waals surface area contributed by atoms with Crippen molar-refractivity contribution in [3.05, 3.63) is 40.8 Å². The fourth-order valence-electron chi connectivity index (χ4n) is 1.78. The van der Waals surface area contributed by atoms with Crippen molar-refractivity contribution in [1.82, 2.24) is 9.97 Å². The molecule has 1 N–H and O–H groups in total. The highest BCUT2D eigenvalue weighted by Crippen LogP contribution is 2.28. The Kier molecular flexibility index (Phi) is 4.37. The van der Waals surface area contributed by atoms with Gasteiger partial charge < -0.3 is 10.1 Å². The van der Waals surface area contributed by atoms with Crippen molar-refractivity contribution in [2.45, 2.75) is 33.1 Å². The van der Waals surface area contributed by atoms with E-state index in [0.717, 1.165) is 17.0 Å². The van der Waals surface area contributed by atoms with E-state index in [-0.39, 0.29) is 5.41 Å². The first-order valence-corrected chi connectivity index (χ1v) is 7.15. The molecule has 4 nitrogen and oxygen atoms in total. The lowest BCUT2D eigenvalue weighted by atomic mass is 9.95. The summed E-state index contributed by atoms with van der Waals surface area (Å²) in [5, 5.41) is 3.76. The number of methoxy groups -OCH3 is 1. The molecular formula is C16H20ClN3O. The van der Waals surface area contributed by atoms with Gasteiger partial charge in [0.2, 0.25) is 0 Å². The first-order chi connectivity index (χ1) is 9.81. The van der Waals surface area contributed by atoms with Crippen LogP contribution in [0.4, 0.5) is 11.5 Å². The highest BCUT2D eigenvalue weighted by atomic mass is 35.5. The molecule has 0 aliphatic carbocycles. The van der Waals surface area contributed by atoms with Gasteiger partial charge >= 0.3 is 0 Å². The van der Waals surface area contributed by atoms with Crippen LogP contribution in [0.2, 0.25) is 5.15 Å². The molecule has 0 saturated heterocycles. The van der Waals surface area contributed by atoms with E-state index in [9.17, 15) is 0 Å². The van der Waals surface area contributed by atoms with Crippen LogP contribution in [0.5, 0.6) is 5.75 Å². The van der Waals surface area contributed by atoms with Crippen LogP contribution in [-0.4, -0.2) is 17.1 Å². The summed E-state index contributed by atoms with van der Waals surface area (Å²) in [4.78, 5) is 8.98. The first-order valence-electron chi connectivity index (χ1n) is 6.77. The highest BCUT2D eigenvalue weighted by Gasteiger charge is 2.20. The molecule has 5 heteroatoms. The zero-order valence-electron chi connectivity index (χ0n) is 13.0. The Hall–Kier alpha value is -1.81. The van der Waals surface area contributed by atoms with Gasteiger partial charge in [0.15, 0.2) is 0 Å². The molecule has 0 amide bonds. The van der Waals surface area contributed by atoms with E-state index in [1.807, 2.05) is 31.2 Å². The summed E-state index contributed by atoms with van der Waals surface area (Å²) in [5.41, 5.74) is 1.56. The number of nitrogens with zero attached hydrogens (tertiary/aromatic N) is 2. The van der Waals surface area contributed by atoms with Crippen LogP contribution in [0.3, 0.4) is 0 Å². The smallest absolute Gasteiger partial charge is 0.138 e. The molecule has 2 aromatic rings. The van der Waals surface area contributed by atoms with Crippen molar-refractivity contribution in [2.24, 2.45) is 0 Å². The van der Waals surface area contributed by atoms with E-state index in [1.54, 1.807) is 7.11 Å². The topological polar surface area (TPSA) is 47.0 Å². The van der Waals surface area contributed by atoms with E-state index in [0.29, 0.717) is 16.8 Å². The number of rotatable bonds is 3. The van der Waals surface area contributed by atoms with Crippen LogP contribution in [0.25, 0.3) is 0 Å². The van der Waals surface area contributed by atoms with Gasteiger partial charge in [-0.25, -0.2) is 9.97 Å². The number of hydrogen-bond donors (Lipinski definition) is 1. The van der Waals surface area contributed by atoms with Crippen LogP contribution >= 0.6 is 11.6 Å². The van der Waals surface area contributed by atoms with Gasteiger partial charge in [-0.05, 0) is 19.1 Å². The standard InChI is InChI=1S/C16H20ClN3O/c1-10-13(17)19-15(16(2,3)4)20-14(10)18-11-7-6-8-12(9-11)21-5/h6-9H,1-5H3,(H,18,19,20). The minimum Gasteiger partial charge on any atom is -0.497 e. The number of aromatic nitrogens is 2. The average Bonchev–Trinajstić information content (AvgIpc) is 2.42. The number of hydrogen-bond acceptors (Lipinski definition) is 4. The summed E-state index contributed by atoms with van der Waals surface area (Å²) in [6, 6.07) is 7.68. The molecule has 1 aromatic heterocycles. The average molecular weight is 306 g/mol. The second-order valence-corrected chi connectivity index (χ2v) is 6.28. The second kappa shape index (κ2) is 5.90. The maximum atomic E-state index is 6.23. The van der Waals surface area contributed by atoms with E-state index in [1.165, 1.54) is 0 Å². The molecule has 0 aliphatic rings. The molecule has 0 saturated carbocycles. The summed E-state index contributed by atoms with van der Waals surface area (Å²) in [5.74, 6) is 2.21. The number of halogens is 1. The molecule has 0 atom stereocenters. The van der Waals surface area contributed by atoms with Crippen molar-refractivity contribution in [1.29, 1.82) is 0 Å². The van der Waals surface area contributed by atoms with Crippen molar-refractivity contribution in [2.75, 3.05) is 12.4 Å². The molecule has 0 bridgehead atoms. The molecule has 1 aromatic carbocycles. The van der Waals surface area contributed by atoms with Gasteiger partial charge in [0.25, 0.3) is 0 Å². The lowest BCUT2D eigenvalue weighted by Gasteiger charge is -2.19. The SMILES string of the molecule is COc1cccc(Nc2nc(C(C)(C)C)nc(Cl)c2C)c1. The van der Waals surface area contributed by atoms with Gasteiger partial charge in [0.05, 0.1) is 7.11 Å². The minimum atomic E-state index is -0.165. The maximum absolute atomic E-state index is 6.23. The molecule has 1 heterocycles. The highest BCUT2D eigenvalue weighted by molar-refractivity contribution is 6.30. The third-order valence-corrected chi connectivity index (χ3v) is 3.46. The largest absolute Gasteiger partial charge is 0.497 e. The third-order valence-electron chi connectivity index (χ3n) is 3.09. The van der Waals surface area contributed by atoms with Crippen LogP contribution in [0.15, 0.2) is 24.3 Å². The number of anilines is 2. The van der Waals surface area contributed by atoms with Gasteiger partial charge in [-0.1, -0.05) is 38.4 Å². The summed E-state index contributed by atoms with van der Waals surface area (Å²) in [7, 11) is 1.64. The molecule has 112 valence electrons. The lowest BCUT2D eigenvalue weighted by Crippen LogP contribution is -2.17. The number of ether oxygens (including phenoxy) is 1. The summed E-state index contributed by atoms with van der Waals surface area (Å²) in [6.45, 7) is 8.08. The van der Waals surface area contributed by atoms with Gasteiger partial charge in [0, 0.05) is 22.7 Å². The quantitative estimate of drug-likeness (QED) is 0.849. The van der Waals surface area contributed by atoms with Gasteiger partial charge in [-0.2, -0.15) is 0 Å². The predicted octanol–water partition coefficient (Wildman–Crippen LogP) is 4.49. The zero-order valence-corrected chi connectivity index (χ0v) is 13.7. The van der Waals surface area contributed by atoms with Gasteiger partial charge in [-0.15, -0.1) is 0 Å². The summed E-state index contributed by atoms with van der Waals surface area (Å²) >= 11 is 6.23. The van der Waals surface area contributed by atoms with E-state index in [2.05, 4.69) is 36.1 Å². The number of benzene rings is 1. The minimum absolute atomic E-state index is 0.165. The van der Waals surface area contributed by atoms with Crippen LogP contribution in [0.1, 0.15) is 32.2 Å². The van der Waals surface area contributed by atoms with E-state index >= 15 is 0 Å². The van der Waals surface area contributed by atoms with Gasteiger partial charge in [0.1, 0.15) is 22.5 Å². The lowest BCUT2D eigenvalue weighted by molar-refractivity contribution is 0.415. The molecule has 0 aliphatic heterocycles. The Balaban J connectivity index is 2.41. The monoisotopic (exact) mass is 305 g/mol. The van der Waals surface area contributed by atoms with E-state index < -0.39 is 0 Å². The fraction of sp³-hybridized carbons (Fsp3) is 0.375. The van der Waals surface area contributed by atoms with Gasteiger partial charge in [-0.3, -0.25) is 0 Å². The molecular weight excluding hydrogens is 286 g/mol.